The van der Waals surface area contributed by atoms with Gasteiger partial charge in [0.15, 0.2) is 0 Å². The smallest absolute Gasteiger partial charge is 0.0541 e. The molecule has 0 spiro atoms. The first kappa shape index (κ1) is 36.5. The van der Waals surface area contributed by atoms with E-state index < -0.39 is 0 Å². The normalized spacial score (nSPS) is 11.5. The number of aromatic nitrogens is 2. The average Bonchev–Trinajstić information content (AvgIpc) is 3.88. The highest BCUT2D eigenvalue weighted by Crippen LogP contribution is 2.39. The molecule has 12 aromatic rings. The Bertz CT molecular complexity index is 3470. The van der Waals surface area contributed by atoms with Gasteiger partial charge in [0.25, 0.3) is 0 Å². The van der Waals surface area contributed by atoms with Crippen LogP contribution >= 0.6 is 0 Å². The van der Waals surface area contributed by atoms with E-state index in [9.17, 15) is 0 Å². The van der Waals surface area contributed by atoms with Crippen molar-refractivity contribution in [3.63, 3.8) is 0 Å². The van der Waals surface area contributed by atoms with Crippen LogP contribution in [0.15, 0.2) is 249 Å². The number of fused-ring (bicyclic) bond motifs is 6. The van der Waals surface area contributed by atoms with Crippen molar-refractivity contribution in [2.75, 3.05) is 4.90 Å². The van der Waals surface area contributed by atoms with Crippen LogP contribution in [0.2, 0.25) is 0 Å². The molecule has 0 radical (unpaired) electrons. The van der Waals surface area contributed by atoms with Crippen molar-refractivity contribution in [2.45, 2.75) is 0 Å². The van der Waals surface area contributed by atoms with E-state index in [1.54, 1.807) is 0 Å². The van der Waals surface area contributed by atoms with Gasteiger partial charge in [0.2, 0.25) is 0 Å². The van der Waals surface area contributed by atoms with Crippen molar-refractivity contribution in [2.24, 2.45) is 0 Å². The van der Waals surface area contributed by atoms with Crippen molar-refractivity contribution >= 4 is 60.7 Å². The van der Waals surface area contributed by atoms with Gasteiger partial charge in [-0.25, -0.2) is 0 Å². The minimum atomic E-state index is 1.09. The number of para-hydroxylation sites is 4. The molecule has 0 aliphatic carbocycles. The van der Waals surface area contributed by atoms with E-state index in [1.165, 1.54) is 77.0 Å². The lowest BCUT2D eigenvalue weighted by Gasteiger charge is -2.26. The molecule has 0 amide bonds. The molecule has 0 fully saturated rings. The van der Waals surface area contributed by atoms with Gasteiger partial charge in [-0.3, -0.25) is 0 Å². The first-order valence-electron chi connectivity index (χ1n) is 21.6. The minimum Gasteiger partial charge on any atom is -0.311 e. The maximum Gasteiger partial charge on any atom is 0.0541 e. The summed E-state index contributed by atoms with van der Waals surface area (Å²) in [6, 6.07) is 90.0. The van der Waals surface area contributed by atoms with Crippen LogP contribution in [0, 0.1) is 0 Å². The molecule has 0 aliphatic rings. The van der Waals surface area contributed by atoms with Gasteiger partial charge >= 0.3 is 0 Å². The van der Waals surface area contributed by atoms with E-state index in [2.05, 4.69) is 263 Å². The summed E-state index contributed by atoms with van der Waals surface area (Å²) in [5.41, 5.74) is 17.5. The van der Waals surface area contributed by atoms with Crippen molar-refractivity contribution in [1.82, 2.24) is 9.13 Å². The topological polar surface area (TPSA) is 13.1 Å². The highest BCUT2D eigenvalue weighted by atomic mass is 15.1. The second-order valence-electron chi connectivity index (χ2n) is 16.2. The van der Waals surface area contributed by atoms with Gasteiger partial charge in [-0.1, -0.05) is 164 Å². The summed E-state index contributed by atoms with van der Waals surface area (Å²) in [5, 5.41) is 5.07. The predicted molar refractivity (Wildman–Crippen MR) is 266 cm³/mol. The van der Waals surface area contributed by atoms with Gasteiger partial charge in [0, 0.05) is 50.0 Å². The van der Waals surface area contributed by atoms with Crippen LogP contribution < -0.4 is 4.90 Å². The Morgan fingerprint density at radius 2 is 0.540 bits per heavy atom. The van der Waals surface area contributed by atoms with Gasteiger partial charge in [0.1, 0.15) is 0 Å². The largest absolute Gasteiger partial charge is 0.311 e. The Morgan fingerprint density at radius 1 is 0.222 bits per heavy atom. The van der Waals surface area contributed by atoms with Gasteiger partial charge in [0.05, 0.1) is 22.1 Å². The fourth-order valence-corrected chi connectivity index (χ4v) is 9.52. The maximum atomic E-state index is 2.38. The molecular weight excluding hydrogens is 763 g/mol. The highest BCUT2D eigenvalue weighted by molar-refractivity contribution is 6.10. The SMILES string of the molecule is c1ccc(-c2ccc(N(c3ccc(-c4ccc(-n5c6ccccc6c6ccccc65)cc4)cc3)c3ccc(-c4cccc(-n5c6ccccc6c6ccccc65)c4)cc3)cc2)cc1. The second-order valence-corrected chi connectivity index (χ2v) is 16.2. The van der Waals surface area contributed by atoms with Crippen LogP contribution in [-0.4, -0.2) is 9.13 Å². The molecule has 2 heterocycles. The summed E-state index contributed by atoms with van der Waals surface area (Å²) >= 11 is 0. The van der Waals surface area contributed by atoms with E-state index >= 15 is 0 Å². The molecule has 3 heteroatoms. The molecule has 2 aromatic heterocycles. The first-order chi connectivity index (χ1) is 31.2. The van der Waals surface area contributed by atoms with E-state index in [0.29, 0.717) is 0 Å². The third-order valence-corrected chi connectivity index (χ3v) is 12.5. The Hall–Kier alpha value is -8.40. The summed E-state index contributed by atoms with van der Waals surface area (Å²) in [5.74, 6) is 0. The van der Waals surface area contributed by atoms with E-state index in [-0.39, 0.29) is 0 Å². The third kappa shape index (κ3) is 6.38. The van der Waals surface area contributed by atoms with Crippen LogP contribution in [0.3, 0.4) is 0 Å². The third-order valence-electron chi connectivity index (χ3n) is 12.5. The van der Waals surface area contributed by atoms with E-state index in [0.717, 1.165) is 28.4 Å². The highest BCUT2D eigenvalue weighted by Gasteiger charge is 2.16. The molecule has 296 valence electrons. The Labute approximate surface area is 366 Å². The number of hydrogen-bond donors (Lipinski definition) is 0. The van der Waals surface area contributed by atoms with Crippen molar-refractivity contribution in [1.29, 1.82) is 0 Å². The van der Waals surface area contributed by atoms with Crippen molar-refractivity contribution in [3.8, 4) is 44.8 Å². The summed E-state index contributed by atoms with van der Waals surface area (Å²) in [6.45, 7) is 0. The molecule has 0 saturated heterocycles. The minimum absolute atomic E-state index is 1.09. The fourth-order valence-electron chi connectivity index (χ4n) is 9.52. The van der Waals surface area contributed by atoms with Gasteiger partial charge < -0.3 is 14.0 Å². The van der Waals surface area contributed by atoms with Crippen LogP contribution in [0.4, 0.5) is 17.1 Å². The fraction of sp³-hybridized carbons (Fsp3) is 0. The molecular formula is C60H41N3. The predicted octanol–water partition coefficient (Wildman–Crippen LogP) is 16.4. The molecule has 0 aliphatic heterocycles. The molecule has 0 saturated carbocycles. The molecule has 0 unspecified atom stereocenters. The van der Waals surface area contributed by atoms with E-state index in [1.807, 2.05) is 0 Å². The maximum absolute atomic E-state index is 2.38. The molecule has 0 atom stereocenters. The lowest BCUT2D eigenvalue weighted by molar-refractivity contribution is 1.18. The second kappa shape index (κ2) is 15.3. The van der Waals surface area contributed by atoms with Gasteiger partial charge in [-0.2, -0.15) is 0 Å². The van der Waals surface area contributed by atoms with Crippen LogP contribution in [0.25, 0.3) is 88.4 Å². The quantitative estimate of drug-likeness (QED) is 0.149. The number of rotatable bonds is 8. The monoisotopic (exact) mass is 803 g/mol. The Morgan fingerprint density at radius 3 is 0.968 bits per heavy atom. The zero-order valence-corrected chi connectivity index (χ0v) is 34.5. The summed E-state index contributed by atoms with van der Waals surface area (Å²) in [4.78, 5) is 2.35. The van der Waals surface area contributed by atoms with Gasteiger partial charge in [-0.05, 0) is 118 Å². The van der Waals surface area contributed by atoms with Crippen LogP contribution in [0.5, 0.6) is 0 Å². The van der Waals surface area contributed by atoms with Crippen molar-refractivity contribution < 1.29 is 0 Å². The Balaban J connectivity index is 0.885. The van der Waals surface area contributed by atoms with Crippen molar-refractivity contribution in [3.05, 3.63) is 249 Å². The molecule has 63 heavy (non-hydrogen) atoms. The molecule has 12 rings (SSSR count). The standard InChI is InChI=1S/C60H41N3/c1-2-13-42(14-3-1)43-25-33-48(34-26-43)61(49-35-27-44(28-36-49)45-29-39-51(40-30-45)62-57-21-8-4-17-53(57)54-18-5-9-22-58(54)62)50-37-31-46(32-38-50)47-15-12-16-52(41-47)63-59-23-10-6-19-55(59)56-20-7-11-24-60(56)63/h1-41H. The zero-order valence-electron chi connectivity index (χ0n) is 34.5. The lowest BCUT2D eigenvalue weighted by atomic mass is 10.0. The number of anilines is 3. The Kier molecular flexibility index (Phi) is 8.83. The molecule has 3 nitrogen and oxygen atoms in total. The molecule has 0 N–H and O–H groups in total. The van der Waals surface area contributed by atoms with Crippen LogP contribution in [-0.2, 0) is 0 Å². The molecule has 10 aromatic carbocycles. The number of nitrogens with zero attached hydrogens (tertiary/aromatic N) is 3. The summed E-state index contributed by atoms with van der Waals surface area (Å²) < 4.78 is 4.75. The van der Waals surface area contributed by atoms with Crippen LogP contribution in [0.1, 0.15) is 0 Å². The first-order valence-corrected chi connectivity index (χ1v) is 21.6. The zero-order chi connectivity index (χ0) is 41.7. The number of hydrogen-bond acceptors (Lipinski definition) is 1. The lowest BCUT2D eigenvalue weighted by Crippen LogP contribution is -2.09. The van der Waals surface area contributed by atoms with Gasteiger partial charge in [-0.15, -0.1) is 0 Å². The summed E-state index contributed by atoms with van der Waals surface area (Å²) in [7, 11) is 0. The number of benzene rings is 10. The summed E-state index contributed by atoms with van der Waals surface area (Å²) in [6.07, 6.45) is 0. The molecule has 0 bridgehead atoms. The van der Waals surface area contributed by atoms with E-state index in [4.69, 9.17) is 0 Å². The average molecular weight is 804 g/mol.